The number of hydrogen-bond donors (Lipinski definition) is 0. The van der Waals surface area contributed by atoms with E-state index in [9.17, 15) is 4.79 Å². The Balaban J connectivity index is 2.59. The summed E-state index contributed by atoms with van der Waals surface area (Å²) >= 11 is 0. The van der Waals surface area contributed by atoms with Crippen molar-refractivity contribution < 1.29 is 9.53 Å². The van der Waals surface area contributed by atoms with Crippen LogP contribution in [0.5, 0.6) is 0 Å². The Morgan fingerprint density at radius 2 is 2.46 bits per heavy atom. The molecule has 0 bridgehead atoms. The first kappa shape index (κ1) is 9.44. The van der Waals surface area contributed by atoms with E-state index in [-0.39, 0.29) is 12.5 Å². The molecule has 0 aromatic carbocycles. The topological polar surface area (TPSA) is 55.3 Å². The molecular formula is C8H11N3O2. The zero-order chi connectivity index (χ0) is 9.68. The van der Waals surface area contributed by atoms with Crippen molar-refractivity contribution in [2.24, 2.45) is 0 Å². The normalized spacial score (nSPS) is 9.38. The van der Waals surface area contributed by atoms with Crippen molar-refractivity contribution in [3.63, 3.8) is 0 Å². The zero-order valence-electron chi connectivity index (χ0n) is 7.60. The molecule has 0 fully saturated rings. The third-order valence-electron chi connectivity index (χ3n) is 1.55. The lowest BCUT2D eigenvalue weighted by molar-refractivity contribution is -0.138. The molecule has 1 aromatic heterocycles. The molecule has 0 unspecified atom stereocenters. The van der Waals surface area contributed by atoms with Crippen molar-refractivity contribution in [3.05, 3.63) is 18.6 Å². The average Bonchev–Trinajstić information content (AvgIpc) is 2.19. The van der Waals surface area contributed by atoms with E-state index in [0.717, 1.165) is 0 Å². The summed E-state index contributed by atoms with van der Waals surface area (Å²) in [7, 11) is 3.12. The van der Waals surface area contributed by atoms with Crippen LogP contribution in [0.15, 0.2) is 18.6 Å². The van der Waals surface area contributed by atoms with Crippen molar-refractivity contribution in [3.8, 4) is 0 Å². The highest BCUT2D eigenvalue weighted by Crippen LogP contribution is 2.04. The molecule has 0 aliphatic carbocycles. The van der Waals surface area contributed by atoms with Gasteiger partial charge in [0.1, 0.15) is 18.7 Å². The van der Waals surface area contributed by atoms with E-state index in [1.807, 2.05) is 0 Å². The van der Waals surface area contributed by atoms with Crippen LogP contribution in [0.25, 0.3) is 0 Å². The minimum Gasteiger partial charge on any atom is -0.468 e. The first-order chi connectivity index (χ1) is 6.24. The van der Waals surface area contributed by atoms with E-state index in [1.165, 1.54) is 13.4 Å². The highest BCUT2D eigenvalue weighted by molar-refractivity contribution is 5.74. The summed E-state index contributed by atoms with van der Waals surface area (Å²) in [5, 5.41) is 0. The summed E-state index contributed by atoms with van der Waals surface area (Å²) in [5.74, 6) is 0.404. The highest BCUT2D eigenvalue weighted by atomic mass is 16.5. The molecule has 0 N–H and O–H groups in total. The maximum absolute atomic E-state index is 10.9. The van der Waals surface area contributed by atoms with E-state index in [1.54, 1.807) is 24.2 Å². The van der Waals surface area contributed by atoms with Crippen LogP contribution in [0.3, 0.4) is 0 Å². The Morgan fingerprint density at radius 1 is 1.69 bits per heavy atom. The lowest BCUT2D eigenvalue weighted by Crippen LogP contribution is -2.27. The second-order valence-corrected chi connectivity index (χ2v) is 2.50. The maximum atomic E-state index is 10.9. The number of aromatic nitrogens is 2. The van der Waals surface area contributed by atoms with Gasteiger partial charge in [-0.2, -0.15) is 0 Å². The molecule has 70 valence electrons. The number of likely N-dealkylation sites (N-methyl/N-ethyl adjacent to an activating group) is 1. The summed E-state index contributed by atoms with van der Waals surface area (Å²) in [6.45, 7) is 0.188. The van der Waals surface area contributed by atoms with E-state index in [4.69, 9.17) is 0 Å². The molecule has 5 nitrogen and oxygen atoms in total. The third-order valence-corrected chi connectivity index (χ3v) is 1.55. The molecular weight excluding hydrogens is 170 g/mol. The van der Waals surface area contributed by atoms with Crippen LogP contribution in [0.1, 0.15) is 0 Å². The number of rotatable bonds is 3. The van der Waals surface area contributed by atoms with Gasteiger partial charge < -0.3 is 9.64 Å². The molecule has 1 heterocycles. The molecule has 13 heavy (non-hydrogen) atoms. The largest absolute Gasteiger partial charge is 0.468 e. The number of hydrogen-bond acceptors (Lipinski definition) is 5. The summed E-state index contributed by atoms with van der Waals surface area (Å²) in [5.41, 5.74) is 0. The molecule has 0 saturated heterocycles. The van der Waals surface area contributed by atoms with E-state index >= 15 is 0 Å². The van der Waals surface area contributed by atoms with Gasteiger partial charge in [0.15, 0.2) is 0 Å². The predicted molar refractivity (Wildman–Crippen MR) is 47.3 cm³/mol. The molecule has 0 radical (unpaired) electrons. The Hall–Kier alpha value is -1.65. The van der Waals surface area contributed by atoms with Gasteiger partial charge in [-0.05, 0) is 6.07 Å². The van der Waals surface area contributed by atoms with Crippen LogP contribution in [-0.4, -0.2) is 36.6 Å². The highest BCUT2D eigenvalue weighted by Gasteiger charge is 2.06. The maximum Gasteiger partial charge on any atom is 0.325 e. The summed E-state index contributed by atoms with van der Waals surface area (Å²) in [4.78, 5) is 20.3. The zero-order valence-corrected chi connectivity index (χ0v) is 7.60. The standard InChI is InChI=1S/C8H11N3O2/c1-11(5-8(12)13-2)7-3-4-9-6-10-7/h3-4,6H,5H2,1-2H3. The average molecular weight is 181 g/mol. The fraction of sp³-hybridized carbons (Fsp3) is 0.375. The van der Waals surface area contributed by atoms with E-state index in [2.05, 4.69) is 14.7 Å². The third kappa shape index (κ3) is 2.70. The van der Waals surface area contributed by atoms with Gasteiger partial charge in [0.25, 0.3) is 0 Å². The summed E-state index contributed by atoms with van der Waals surface area (Å²) in [6.07, 6.45) is 3.05. The molecule has 0 saturated carbocycles. The fourth-order valence-electron chi connectivity index (χ4n) is 0.849. The predicted octanol–water partition coefficient (Wildman–Crippen LogP) is 0.0858. The van der Waals surface area contributed by atoms with Crippen molar-refractivity contribution in [1.82, 2.24) is 9.97 Å². The van der Waals surface area contributed by atoms with Crippen molar-refractivity contribution >= 4 is 11.8 Å². The Labute approximate surface area is 76.4 Å². The van der Waals surface area contributed by atoms with Crippen molar-refractivity contribution in [1.29, 1.82) is 0 Å². The minimum absolute atomic E-state index is 0.188. The molecule has 0 atom stereocenters. The monoisotopic (exact) mass is 181 g/mol. The molecule has 0 aliphatic rings. The SMILES string of the molecule is COC(=O)CN(C)c1ccncn1. The second-order valence-electron chi connectivity index (χ2n) is 2.50. The van der Waals surface area contributed by atoms with E-state index < -0.39 is 0 Å². The van der Waals surface area contributed by atoms with Gasteiger partial charge in [-0.15, -0.1) is 0 Å². The number of carbonyl (C=O) groups excluding carboxylic acids is 1. The molecule has 1 aromatic rings. The van der Waals surface area contributed by atoms with Crippen molar-refractivity contribution in [2.45, 2.75) is 0 Å². The molecule has 0 aliphatic heterocycles. The number of nitrogens with zero attached hydrogens (tertiary/aromatic N) is 3. The van der Waals surface area contributed by atoms with Crippen molar-refractivity contribution in [2.75, 3.05) is 25.6 Å². The molecule has 1 rings (SSSR count). The van der Waals surface area contributed by atoms with Gasteiger partial charge in [-0.3, -0.25) is 4.79 Å². The first-order valence-corrected chi connectivity index (χ1v) is 3.78. The van der Waals surface area contributed by atoms with Gasteiger partial charge in [-0.1, -0.05) is 0 Å². The van der Waals surface area contributed by atoms with Crippen LogP contribution >= 0.6 is 0 Å². The van der Waals surface area contributed by atoms with Gasteiger partial charge in [0.2, 0.25) is 0 Å². The summed E-state index contributed by atoms with van der Waals surface area (Å²) in [6, 6.07) is 1.73. The van der Waals surface area contributed by atoms with Crippen LogP contribution in [0.2, 0.25) is 0 Å². The number of esters is 1. The molecule has 0 amide bonds. The number of anilines is 1. The van der Waals surface area contributed by atoms with Crippen LogP contribution < -0.4 is 4.90 Å². The number of ether oxygens (including phenoxy) is 1. The first-order valence-electron chi connectivity index (χ1n) is 3.78. The van der Waals surface area contributed by atoms with E-state index in [0.29, 0.717) is 5.82 Å². The van der Waals surface area contributed by atoms with Gasteiger partial charge in [-0.25, -0.2) is 9.97 Å². The van der Waals surface area contributed by atoms with Crippen LogP contribution in [0.4, 0.5) is 5.82 Å². The summed E-state index contributed by atoms with van der Waals surface area (Å²) < 4.78 is 4.52. The fourth-order valence-corrected chi connectivity index (χ4v) is 0.849. The van der Waals surface area contributed by atoms with Gasteiger partial charge in [0, 0.05) is 13.2 Å². The Kier molecular flexibility index (Phi) is 3.19. The molecule has 5 heteroatoms. The lowest BCUT2D eigenvalue weighted by Gasteiger charge is -2.15. The second kappa shape index (κ2) is 4.39. The Bertz CT molecular complexity index is 276. The van der Waals surface area contributed by atoms with Gasteiger partial charge >= 0.3 is 5.97 Å². The number of methoxy groups -OCH3 is 1. The quantitative estimate of drug-likeness (QED) is 0.618. The molecule has 0 spiro atoms. The smallest absolute Gasteiger partial charge is 0.325 e. The van der Waals surface area contributed by atoms with Gasteiger partial charge in [0.05, 0.1) is 7.11 Å². The Morgan fingerprint density at radius 3 is 3.00 bits per heavy atom. The minimum atomic E-state index is -0.291. The lowest BCUT2D eigenvalue weighted by atomic mass is 10.5. The number of carbonyl (C=O) groups is 1. The van der Waals surface area contributed by atoms with Crippen LogP contribution in [-0.2, 0) is 9.53 Å². The van der Waals surface area contributed by atoms with Crippen LogP contribution in [0, 0.1) is 0 Å².